The maximum absolute atomic E-state index is 12.7. The molecule has 4 rings (SSSR count). The van der Waals surface area contributed by atoms with E-state index in [0.29, 0.717) is 28.5 Å². The highest BCUT2D eigenvalue weighted by Gasteiger charge is 2.16. The van der Waals surface area contributed by atoms with Crippen molar-refractivity contribution in [2.45, 2.75) is 6.92 Å². The van der Waals surface area contributed by atoms with Crippen molar-refractivity contribution in [1.82, 2.24) is 24.6 Å². The molecule has 1 N–H and O–H groups in total. The number of aryl methyl sites for hydroxylation is 1. The lowest BCUT2D eigenvalue weighted by atomic mass is 10.2. The maximum Gasteiger partial charge on any atom is 0.260 e. The first-order chi connectivity index (χ1) is 12.7. The molecule has 26 heavy (non-hydrogen) atoms. The van der Waals surface area contributed by atoms with E-state index in [2.05, 4.69) is 25.4 Å². The van der Waals surface area contributed by atoms with E-state index in [9.17, 15) is 4.79 Å². The highest BCUT2D eigenvalue weighted by atomic mass is 16.5. The predicted octanol–water partition coefficient (Wildman–Crippen LogP) is 2.87. The minimum Gasteiger partial charge on any atom is -0.454 e. The Morgan fingerprint density at radius 2 is 2.12 bits per heavy atom. The molecule has 0 fully saturated rings. The van der Waals surface area contributed by atoms with Gasteiger partial charge in [-0.2, -0.15) is 5.10 Å². The first-order valence-electron chi connectivity index (χ1n) is 7.85. The smallest absolute Gasteiger partial charge is 0.260 e. The largest absolute Gasteiger partial charge is 0.454 e. The monoisotopic (exact) mass is 346 g/mol. The zero-order valence-electron chi connectivity index (χ0n) is 13.8. The number of anilines is 1. The van der Waals surface area contributed by atoms with Crippen LogP contribution in [0.15, 0.2) is 61.3 Å². The number of hydrogen-bond acceptors (Lipinski definition) is 6. The summed E-state index contributed by atoms with van der Waals surface area (Å²) in [5.41, 5.74) is 1.56. The van der Waals surface area contributed by atoms with Crippen LogP contribution in [-0.2, 0) is 0 Å². The van der Waals surface area contributed by atoms with E-state index in [0.717, 1.165) is 5.69 Å². The molecule has 0 aromatic carbocycles. The number of fused-ring (bicyclic) bond motifs is 1. The van der Waals surface area contributed by atoms with Crippen LogP contribution < -0.4 is 10.1 Å². The SMILES string of the molecule is Cc1cccc(NC(=O)c2cc(Oc3cccnc3)cn3ncnc23)n1. The van der Waals surface area contributed by atoms with Crippen molar-refractivity contribution in [3.63, 3.8) is 0 Å². The van der Waals surface area contributed by atoms with Gasteiger partial charge in [0.1, 0.15) is 23.6 Å². The Morgan fingerprint density at radius 1 is 1.19 bits per heavy atom. The van der Waals surface area contributed by atoms with Crippen molar-refractivity contribution in [3.05, 3.63) is 72.6 Å². The van der Waals surface area contributed by atoms with Gasteiger partial charge >= 0.3 is 0 Å². The fourth-order valence-electron chi connectivity index (χ4n) is 2.46. The minimum atomic E-state index is -0.349. The van der Waals surface area contributed by atoms with Crippen LogP contribution >= 0.6 is 0 Å². The third-order valence-electron chi connectivity index (χ3n) is 3.59. The lowest BCUT2D eigenvalue weighted by Crippen LogP contribution is -2.15. The van der Waals surface area contributed by atoms with Crippen molar-refractivity contribution in [2.75, 3.05) is 5.32 Å². The molecule has 4 heterocycles. The number of carbonyl (C=O) groups is 1. The van der Waals surface area contributed by atoms with E-state index in [4.69, 9.17) is 4.74 Å². The first-order valence-corrected chi connectivity index (χ1v) is 7.85. The minimum absolute atomic E-state index is 0.326. The second kappa shape index (κ2) is 6.60. The van der Waals surface area contributed by atoms with Gasteiger partial charge in [-0.05, 0) is 37.3 Å². The van der Waals surface area contributed by atoms with E-state index in [-0.39, 0.29) is 5.91 Å². The van der Waals surface area contributed by atoms with Crippen molar-refractivity contribution < 1.29 is 9.53 Å². The number of nitrogens with zero attached hydrogens (tertiary/aromatic N) is 5. The van der Waals surface area contributed by atoms with Gasteiger partial charge in [0.2, 0.25) is 0 Å². The van der Waals surface area contributed by atoms with Crippen LogP contribution in [-0.4, -0.2) is 30.5 Å². The molecule has 128 valence electrons. The third kappa shape index (κ3) is 3.20. The van der Waals surface area contributed by atoms with Crippen LogP contribution in [0, 0.1) is 6.92 Å². The quantitative estimate of drug-likeness (QED) is 0.610. The molecule has 0 bridgehead atoms. The Bertz CT molecular complexity index is 1080. The molecule has 0 aliphatic rings. The summed E-state index contributed by atoms with van der Waals surface area (Å²) in [5, 5.41) is 6.87. The number of rotatable bonds is 4. The Kier molecular flexibility index (Phi) is 3.98. The second-order valence-corrected chi connectivity index (χ2v) is 5.53. The van der Waals surface area contributed by atoms with Crippen LogP contribution in [0.5, 0.6) is 11.5 Å². The van der Waals surface area contributed by atoms with Crippen LogP contribution in [0.2, 0.25) is 0 Å². The predicted molar refractivity (Wildman–Crippen MR) is 94.2 cm³/mol. The number of hydrogen-bond donors (Lipinski definition) is 1. The lowest BCUT2D eigenvalue weighted by molar-refractivity contribution is 0.102. The first kappa shape index (κ1) is 15.7. The van der Waals surface area contributed by atoms with Gasteiger partial charge in [-0.1, -0.05) is 6.07 Å². The number of pyridine rings is 3. The summed E-state index contributed by atoms with van der Waals surface area (Å²) in [6, 6.07) is 10.6. The summed E-state index contributed by atoms with van der Waals surface area (Å²) in [4.78, 5) is 25.2. The van der Waals surface area contributed by atoms with Gasteiger partial charge in [-0.3, -0.25) is 9.78 Å². The van der Waals surface area contributed by atoms with Gasteiger partial charge < -0.3 is 10.1 Å². The van der Waals surface area contributed by atoms with E-state index in [1.165, 1.54) is 10.8 Å². The van der Waals surface area contributed by atoms with E-state index >= 15 is 0 Å². The molecule has 0 saturated heterocycles. The zero-order chi connectivity index (χ0) is 17.9. The Hall–Kier alpha value is -3.81. The highest BCUT2D eigenvalue weighted by molar-refractivity contribution is 6.08. The van der Waals surface area contributed by atoms with Crippen LogP contribution in [0.25, 0.3) is 5.65 Å². The summed E-state index contributed by atoms with van der Waals surface area (Å²) < 4.78 is 7.26. The molecule has 0 spiro atoms. The lowest BCUT2D eigenvalue weighted by Gasteiger charge is -2.09. The van der Waals surface area contributed by atoms with Gasteiger partial charge in [-0.15, -0.1) is 0 Å². The number of carbonyl (C=O) groups excluding carboxylic acids is 1. The van der Waals surface area contributed by atoms with Gasteiger partial charge in [0, 0.05) is 11.9 Å². The van der Waals surface area contributed by atoms with Crippen molar-refractivity contribution in [2.24, 2.45) is 0 Å². The fraction of sp³-hybridized carbons (Fsp3) is 0.0556. The average molecular weight is 346 g/mol. The van der Waals surface area contributed by atoms with Crippen LogP contribution in [0.1, 0.15) is 16.1 Å². The standard InChI is InChI=1S/C18H14N6O2/c1-12-4-2-6-16(22-12)23-18(25)15-8-14(10-24-17(15)20-11-21-24)26-13-5-3-7-19-9-13/h2-11H,1H3,(H,22,23,25). The molecule has 8 heteroatoms. The Morgan fingerprint density at radius 3 is 2.92 bits per heavy atom. The molecule has 0 aliphatic heterocycles. The molecular weight excluding hydrogens is 332 g/mol. The highest BCUT2D eigenvalue weighted by Crippen LogP contribution is 2.23. The average Bonchev–Trinajstić information content (AvgIpc) is 3.10. The molecule has 0 atom stereocenters. The molecule has 4 aromatic heterocycles. The number of nitrogens with one attached hydrogen (secondary N) is 1. The van der Waals surface area contributed by atoms with E-state index < -0.39 is 0 Å². The van der Waals surface area contributed by atoms with Crippen molar-refractivity contribution >= 4 is 17.4 Å². The van der Waals surface area contributed by atoms with Gasteiger partial charge in [0.25, 0.3) is 5.91 Å². The summed E-state index contributed by atoms with van der Waals surface area (Å²) in [7, 11) is 0. The molecule has 0 aliphatic carbocycles. The summed E-state index contributed by atoms with van der Waals surface area (Å²) >= 11 is 0. The van der Waals surface area contributed by atoms with Crippen LogP contribution in [0.3, 0.4) is 0 Å². The molecule has 0 saturated carbocycles. The normalized spacial score (nSPS) is 10.7. The van der Waals surface area contributed by atoms with Crippen molar-refractivity contribution in [3.8, 4) is 11.5 Å². The maximum atomic E-state index is 12.7. The molecule has 8 nitrogen and oxygen atoms in total. The number of amides is 1. The molecular formula is C18H14N6O2. The molecule has 0 unspecified atom stereocenters. The van der Waals surface area contributed by atoms with Crippen molar-refractivity contribution in [1.29, 1.82) is 0 Å². The molecule has 4 aromatic rings. The Balaban J connectivity index is 1.69. The summed E-state index contributed by atoms with van der Waals surface area (Å²) in [6.45, 7) is 1.86. The van der Waals surface area contributed by atoms with Crippen LogP contribution in [0.4, 0.5) is 5.82 Å². The second-order valence-electron chi connectivity index (χ2n) is 5.53. The topological polar surface area (TPSA) is 94.3 Å². The fourth-order valence-corrected chi connectivity index (χ4v) is 2.46. The molecule has 1 amide bonds. The molecule has 0 radical (unpaired) electrons. The summed E-state index contributed by atoms with van der Waals surface area (Å²) in [6.07, 6.45) is 6.27. The number of aromatic nitrogens is 5. The zero-order valence-corrected chi connectivity index (χ0v) is 13.8. The Labute approximate surface area is 148 Å². The summed E-state index contributed by atoms with van der Waals surface area (Å²) in [5.74, 6) is 1.11. The van der Waals surface area contributed by atoms with E-state index in [1.807, 2.05) is 19.1 Å². The van der Waals surface area contributed by atoms with Gasteiger partial charge in [0.05, 0.1) is 18.0 Å². The van der Waals surface area contributed by atoms with E-state index in [1.54, 1.807) is 42.9 Å². The number of ether oxygens (including phenoxy) is 1. The van der Waals surface area contributed by atoms with Gasteiger partial charge in [0.15, 0.2) is 5.65 Å². The van der Waals surface area contributed by atoms with Gasteiger partial charge in [-0.25, -0.2) is 14.5 Å². The third-order valence-corrected chi connectivity index (χ3v) is 3.59.